The highest BCUT2D eigenvalue weighted by atomic mass is 35.5. The summed E-state index contributed by atoms with van der Waals surface area (Å²) in [6, 6.07) is 11.3. The number of phenols is 1. The topological polar surface area (TPSA) is 38.0 Å². The number of halogens is 1. The van der Waals surface area contributed by atoms with Crippen LogP contribution in [0.1, 0.15) is 18.9 Å². The average molecular weight is 301 g/mol. The summed E-state index contributed by atoms with van der Waals surface area (Å²) < 4.78 is 2.01. The summed E-state index contributed by atoms with van der Waals surface area (Å²) in [6.45, 7) is 4.96. The van der Waals surface area contributed by atoms with Gasteiger partial charge in [0.05, 0.1) is 10.7 Å². The van der Waals surface area contributed by atoms with E-state index in [9.17, 15) is 5.11 Å². The molecule has 3 rings (SSSR count). The Morgan fingerprint density at radius 2 is 2.05 bits per heavy atom. The SMILES string of the molecule is CCCn1nc2c(Cl)cccc2c1-c1ccc(O)cc1C. The van der Waals surface area contributed by atoms with E-state index in [1.807, 2.05) is 35.9 Å². The molecular formula is C17H17ClN2O. The maximum absolute atomic E-state index is 9.62. The molecule has 0 unspecified atom stereocenters. The normalized spacial score (nSPS) is 11.2. The van der Waals surface area contributed by atoms with Crippen molar-refractivity contribution in [2.24, 2.45) is 0 Å². The lowest BCUT2D eigenvalue weighted by atomic mass is 10.0. The van der Waals surface area contributed by atoms with Crippen molar-refractivity contribution < 1.29 is 5.11 Å². The van der Waals surface area contributed by atoms with Crippen molar-refractivity contribution in [2.75, 3.05) is 0 Å². The van der Waals surface area contributed by atoms with Gasteiger partial charge in [0.25, 0.3) is 0 Å². The molecule has 108 valence electrons. The molecule has 0 aliphatic carbocycles. The second-order valence-corrected chi connectivity index (χ2v) is 5.61. The minimum absolute atomic E-state index is 0.278. The quantitative estimate of drug-likeness (QED) is 0.756. The highest BCUT2D eigenvalue weighted by molar-refractivity contribution is 6.35. The molecule has 0 amide bonds. The predicted octanol–water partition coefficient (Wildman–Crippen LogP) is 4.78. The van der Waals surface area contributed by atoms with Gasteiger partial charge in [0, 0.05) is 17.5 Å². The third-order valence-electron chi connectivity index (χ3n) is 3.62. The molecule has 0 saturated heterocycles. The second kappa shape index (κ2) is 5.41. The number of rotatable bonds is 3. The Labute approximate surface area is 128 Å². The van der Waals surface area contributed by atoms with E-state index in [0.29, 0.717) is 5.02 Å². The van der Waals surface area contributed by atoms with Gasteiger partial charge in [-0.25, -0.2) is 0 Å². The molecule has 0 saturated carbocycles. The van der Waals surface area contributed by atoms with E-state index in [-0.39, 0.29) is 5.75 Å². The molecule has 0 atom stereocenters. The zero-order valence-corrected chi connectivity index (χ0v) is 12.9. The molecule has 4 heteroatoms. The van der Waals surface area contributed by atoms with Crippen LogP contribution in [0.4, 0.5) is 0 Å². The van der Waals surface area contributed by atoms with E-state index in [4.69, 9.17) is 11.6 Å². The van der Waals surface area contributed by atoms with Crippen LogP contribution in [0.5, 0.6) is 5.75 Å². The molecule has 0 spiro atoms. The van der Waals surface area contributed by atoms with Gasteiger partial charge in [0.2, 0.25) is 0 Å². The van der Waals surface area contributed by atoms with Crippen molar-refractivity contribution in [3.8, 4) is 17.0 Å². The molecule has 0 aliphatic heterocycles. The average Bonchev–Trinajstić information content (AvgIpc) is 2.79. The molecule has 0 bridgehead atoms. The van der Waals surface area contributed by atoms with Crippen LogP contribution < -0.4 is 0 Å². The van der Waals surface area contributed by atoms with Crippen LogP contribution >= 0.6 is 11.6 Å². The fraction of sp³-hybridized carbons (Fsp3) is 0.235. The number of aromatic nitrogens is 2. The molecule has 3 aromatic rings. The van der Waals surface area contributed by atoms with Crippen LogP contribution in [0, 0.1) is 6.92 Å². The molecule has 2 aromatic carbocycles. The van der Waals surface area contributed by atoms with Crippen LogP contribution in [0.25, 0.3) is 22.2 Å². The largest absolute Gasteiger partial charge is 0.508 e. The molecule has 1 aromatic heterocycles. The first kappa shape index (κ1) is 14.0. The van der Waals surface area contributed by atoms with Crippen LogP contribution in [0.3, 0.4) is 0 Å². The third-order valence-corrected chi connectivity index (χ3v) is 3.93. The summed E-state index contributed by atoms with van der Waals surface area (Å²) in [4.78, 5) is 0. The first-order chi connectivity index (χ1) is 10.1. The van der Waals surface area contributed by atoms with Gasteiger partial charge in [-0.05, 0) is 43.2 Å². The molecule has 1 N–H and O–H groups in total. The fourth-order valence-electron chi connectivity index (χ4n) is 2.69. The molecule has 3 nitrogen and oxygen atoms in total. The summed E-state index contributed by atoms with van der Waals surface area (Å²) in [7, 11) is 0. The number of aryl methyl sites for hydroxylation is 2. The molecular weight excluding hydrogens is 284 g/mol. The van der Waals surface area contributed by atoms with Crippen molar-refractivity contribution in [3.05, 3.63) is 47.0 Å². The van der Waals surface area contributed by atoms with Crippen molar-refractivity contribution >= 4 is 22.5 Å². The van der Waals surface area contributed by atoms with Gasteiger partial charge in [0.15, 0.2) is 0 Å². The zero-order valence-electron chi connectivity index (χ0n) is 12.1. The van der Waals surface area contributed by atoms with Gasteiger partial charge in [0.1, 0.15) is 11.3 Å². The maximum atomic E-state index is 9.62. The summed E-state index contributed by atoms with van der Waals surface area (Å²) >= 11 is 6.28. The van der Waals surface area contributed by atoms with Gasteiger partial charge in [-0.2, -0.15) is 5.10 Å². The first-order valence-corrected chi connectivity index (χ1v) is 7.44. The van der Waals surface area contributed by atoms with Crippen LogP contribution in [-0.4, -0.2) is 14.9 Å². The smallest absolute Gasteiger partial charge is 0.115 e. The summed E-state index contributed by atoms with van der Waals surface area (Å²) in [6.07, 6.45) is 0.996. The third kappa shape index (κ3) is 2.38. The van der Waals surface area contributed by atoms with E-state index in [1.165, 1.54) is 0 Å². The first-order valence-electron chi connectivity index (χ1n) is 7.07. The Balaban J connectivity index is 2.33. The number of benzene rings is 2. The van der Waals surface area contributed by atoms with Gasteiger partial charge < -0.3 is 5.11 Å². The highest BCUT2D eigenvalue weighted by Crippen LogP contribution is 2.35. The minimum atomic E-state index is 0.278. The van der Waals surface area contributed by atoms with E-state index in [0.717, 1.165) is 40.7 Å². The second-order valence-electron chi connectivity index (χ2n) is 5.21. The molecule has 0 aliphatic rings. The molecule has 21 heavy (non-hydrogen) atoms. The molecule has 0 fully saturated rings. The highest BCUT2D eigenvalue weighted by Gasteiger charge is 2.16. The summed E-state index contributed by atoms with van der Waals surface area (Å²) in [5, 5.41) is 16.0. The minimum Gasteiger partial charge on any atom is -0.508 e. The molecule has 0 radical (unpaired) electrons. The van der Waals surface area contributed by atoms with Gasteiger partial charge in [-0.1, -0.05) is 30.7 Å². The monoisotopic (exact) mass is 300 g/mol. The number of hydrogen-bond donors (Lipinski definition) is 1. The Kier molecular flexibility index (Phi) is 3.60. The lowest BCUT2D eigenvalue weighted by Crippen LogP contribution is -2.02. The van der Waals surface area contributed by atoms with Crippen LogP contribution in [-0.2, 0) is 6.54 Å². The lowest BCUT2D eigenvalue weighted by Gasteiger charge is -2.10. The van der Waals surface area contributed by atoms with Gasteiger partial charge >= 0.3 is 0 Å². The van der Waals surface area contributed by atoms with Crippen molar-refractivity contribution in [3.63, 3.8) is 0 Å². The van der Waals surface area contributed by atoms with Crippen LogP contribution in [0.15, 0.2) is 36.4 Å². The van der Waals surface area contributed by atoms with Crippen molar-refractivity contribution in [1.82, 2.24) is 9.78 Å². The number of aromatic hydroxyl groups is 1. The Morgan fingerprint density at radius 1 is 1.24 bits per heavy atom. The Bertz CT molecular complexity index is 808. The number of hydrogen-bond acceptors (Lipinski definition) is 2. The van der Waals surface area contributed by atoms with Gasteiger partial charge in [-0.15, -0.1) is 0 Å². The number of phenolic OH excluding ortho intramolecular Hbond substituents is 1. The van der Waals surface area contributed by atoms with Gasteiger partial charge in [-0.3, -0.25) is 4.68 Å². The van der Waals surface area contributed by atoms with E-state index in [2.05, 4.69) is 12.0 Å². The fourth-order valence-corrected chi connectivity index (χ4v) is 2.90. The van der Waals surface area contributed by atoms with E-state index < -0.39 is 0 Å². The Morgan fingerprint density at radius 3 is 2.76 bits per heavy atom. The zero-order chi connectivity index (χ0) is 15.0. The Hall–Kier alpha value is -2.00. The van der Waals surface area contributed by atoms with E-state index >= 15 is 0 Å². The molecule has 1 heterocycles. The number of fused-ring (bicyclic) bond motifs is 1. The predicted molar refractivity (Wildman–Crippen MR) is 86.9 cm³/mol. The van der Waals surface area contributed by atoms with E-state index in [1.54, 1.807) is 12.1 Å². The maximum Gasteiger partial charge on any atom is 0.115 e. The lowest BCUT2D eigenvalue weighted by molar-refractivity contribution is 0.475. The van der Waals surface area contributed by atoms with Crippen LogP contribution in [0.2, 0.25) is 5.02 Å². The van der Waals surface area contributed by atoms with Crippen molar-refractivity contribution in [2.45, 2.75) is 26.8 Å². The standard InChI is InChI=1S/C17H17ClN2O/c1-3-9-20-17(13-8-7-12(21)10-11(13)2)14-5-4-6-15(18)16(14)19-20/h4-8,10,21H,3,9H2,1-2H3. The summed E-state index contributed by atoms with van der Waals surface area (Å²) in [5.74, 6) is 0.278. The summed E-state index contributed by atoms with van der Waals surface area (Å²) in [5.41, 5.74) is 3.99. The van der Waals surface area contributed by atoms with Crippen molar-refractivity contribution in [1.29, 1.82) is 0 Å². The number of nitrogens with zero attached hydrogens (tertiary/aromatic N) is 2.